The van der Waals surface area contributed by atoms with Gasteiger partial charge in [-0.3, -0.25) is 0 Å². The van der Waals surface area contributed by atoms with Crippen molar-refractivity contribution < 1.29 is 0 Å². The van der Waals surface area contributed by atoms with Crippen molar-refractivity contribution in [3.63, 3.8) is 0 Å². The number of aromatic nitrogens is 2. The molecule has 4 heteroatoms. The van der Waals surface area contributed by atoms with Crippen molar-refractivity contribution in [1.29, 1.82) is 0 Å². The summed E-state index contributed by atoms with van der Waals surface area (Å²) in [6.07, 6.45) is 0. The lowest BCUT2D eigenvalue weighted by atomic mass is 10.1. The number of nitrogens with one attached hydrogen (secondary N) is 2. The minimum atomic E-state index is 0.139. The number of benzene rings is 2. The molecule has 0 aliphatic heterocycles. The Balaban J connectivity index is 1.79. The van der Waals surface area contributed by atoms with Crippen LogP contribution in [0.1, 0.15) is 29.8 Å². The summed E-state index contributed by atoms with van der Waals surface area (Å²) in [5, 5.41) is 6.72. The molecular weight excluding hydrogens is 296 g/mol. The lowest BCUT2D eigenvalue weighted by Gasteiger charge is -2.15. The molecule has 3 rings (SSSR count). The Kier molecular flexibility index (Phi) is 4.75. The highest BCUT2D eigenvalue weighted by Crippen LogP contribution is 2.20. The third kappa shape index (κ3) is 4.10. The van der Waals surface area contributed by atoms with Gasteiger partial charge >= 0.3 is 0 Å². The van der Waals surface area contributed by atoms with Gasteiger partial charge in [0.05, 0.1) is 6.04 Å². The highest BCUT2D eigenvalue weighted by Gasteiger charge is 2.08. The Hall–Kier alpha value is -2.88. The van der Waals surface area contributed by atoms with Gasteiger partial charge in [-0.15, -0.1) is 0 Å². The minimum absolute atomic E-state index is 0.139. The predicted molar refractivity (Wildman–Crippen MR) is 99.7 cm³/mol. The average Bonchev–Trinajstić information content (AvgIpc) is 2.55. The highest BCUT2D eigenvalue weighted by atomic mass is 15.2. The number of aryl methyl sites for hydroxylation is 2. The lowest BCUT2D eigenvalue weighted by molar-refractivity contribution is 0.858. The summed E-state index contributed by atoms with van der Waals surface area (Å²) >= 11 is 0. The van der Waals surface area contributed by atoms with E-state index in [1.165, 1.54) is 11.1 Å². The fourth-order valence-corrected chi connectivity index (χ4v) is 2.59. The molecule has 0 fully saturated rings. The first kappa shape index (κ1) is 16.0. The second kappa shape index (κ2) is 7.13. The maximum Gasteiger partial charge on any atom is 0.225 e. The van der Waals surface area contributed by atoms with E-state index in [1.807, 2.05) is 43.3 Å². The third-order valence-electron chi connectivity index (χ3n) is 3.79. The summed E-state index contributed by atoms with van der Waals surface area (Å²) in [5.41, 5.74) is 4.36. The van der Waals surface area contributed by atoms with E-state index in [4.69, 9.17) is 0 Å². The second-order valence-electron chi connectivity index (χ2n) is 5.99. The van der Waals surface area contributed by atoms with Crippen LogP contribution in [0.2, 0.25) is 0 Å². The molecule has 0 saturated carbocycles. The molecule has 0 radical (unpaired) electrons. The minimum Gasteiger partial charge on any atom is -0.348 e. The smallest absolute Gasteiger partial charge is 0.225 e. The number of hydrogen-bond donors (Lipinski definition) is 2. The van der Waals surface area contributed by atoms with E-state index in [1.54, 1.807) is 0 Å². The molecular formula is C20H22N4. The molecule has 3 aromatic rings. The molecule has 1 heterocycles. The quantitative estimate of drug-likeness (QED) is 0.694. The van der Waals surface area contributed by atoms with Crippen molar-refractivity contribution in [3.05, 3.63) is 77.5 Å². The Morgan fingerprint density at radius 3 is 2.42 bits per heavy atom. The van der Waals surface area contributed by atoms with Crippen LogP contribution in [0.3, 0.4) is 0 Å². The fourth-order valence-electron chi connectivity index (χ4n) is 2.59. The van der Waals surface area contributed by atoms with Crippen molar-refractivity contribution >= 4 is 17.5 Å². The Morgan fingerprint density at radius 1 is 0.875 bits per heavy atom. The van der Waals surface area contributed by atoms with E-state index < -0.39 is 0 Å². The molecule has 0 saturated heterocycles. The van der Waals surface area contributed by atoms with Gasteiger partial charge in [0.2, 0.25) is 5.95 Å². The largest absolute Gasteiger partial charge is 0.348 e. The number of rotatable bonds is 5. The van der Waals surface area contributed by atoms with Gasteiger partial charge in [-0.2, -0.15) is 4.98 Å². The van der Waals surface area contributed by atoms with Crippen LogP contribution in [-0.2, 0) is 0 Å². The standard InChI is InChI=1S/C20H22N4/c1-14-8-7-11-18(12-14)23-19-13-15(2)21-20(24-19)22-16(3)17-9-5-4-6-10-17/h4-13,16H,1-3H3,(H2,21,22,23,24). The molecule has 2 N–H and O–H groups in total. The maximum atomic E-state index is 4.59. The normalized spacial score (nSPS) is 11.8. The molecule has 0 aliphatic carbocycles. The summed E-state index contributed by atoms with van der Waals surface area (Å²) < 4.78 is 0. The van der Waals surface area contributed by atoms with Crippen molar-refractivity contribution in [2.24, 2.45) is 0 Å². The van der Waals surface area contributed by atoms with Gasteiger partial charge in [0.15, 0.2) is 0 Å². The Morgan fingerprint density at radius 2 is 1.67 bits per heavy atom. The zero-order valence-electron chi connectivity index (χ0n) is 14.2. The monoisotopic (exact) mass is 318 g/mol. The maximum absolute atomic E-state index is 4.59. The fraction of sp³-hybridized carbons (Fsp3) is 0.200. The first-order chi connectivity index (χ1) is 11.6. The van der Waals surface area contributed by atoms with Gasteiger partial charge in [0, 0.05) is 17.4 Å². The van der Waals surface area contributed by atoms with E-state index in [0.717, 1.165) is 17.2 Å². The van der Waals surface area contributed by atoms with E-state index in [-0.39, 0.29) is 6.04 Å². The molecule has 122 valence electrons. The van der Waals surface area contributed by atoms with Crippen LogP contribution in [-0.4, -0.2) is 9.97 Å². The molecule has 2 aromatic carbocycles. The van der Waals surface area contributed by atoms with Crippen LogP contribution in [0.5, 0.6) is 0 Å². The zero-order valence-corrected chi connectivity index (χ0v) is 14.2. The molecule has 1 unspecified atom stereocenters. The lowest BCUT2D eigenvalue weighted by Crippen LogP contribution is -2.10. The molecule has 0 amide bonds. The van der Waals surface area contributed by atoms with Crippen LogP contribution < -0.4 is 10.6 Å². The van der Waals surface area contributed by atoms with E-state index >= 15 is 0 Å². The molecule has 1 atom stereocenters. The third-order valence-corrected chi connectivity index (χ3v) is 3.79. The van der Waals surface area contributed by atoms with Gasteiger partial charge in [-0.25, -0.2) is 4.98 Å². The summed E-state index contributed by atoms with van der Waals surface area (Å²) in [6.45, 7) is 6.15. The highest BCUT2D eigenvalue weighted by molar-refractivity contribution is 5.58. The van der Waals surface area contributed by atoms with Crippen LogP contribution in [0.25, 0.3) is 0 Å². The Labute approximate surface area is 143 Å². The topological polar surface area (TPSA) is 49.8 Å². The van der Waals surface area contributed by atoms with Crippen molar-refractivity contribution in [2.75, 3.05) is 10.6 Å². The average molecular weight is 318 g/mol. The first-order valence-corrected chi connectivity index (χ1v) is 8.11. The molecule has 24 heavy (non-hydrogen) atoms. The van der Waals surface area contributed by atoms with Gasteiger partial charge < -0.3 is 10.6 Å². The van der Waals surface area contributed by atoms with Gasteiger partial charge in [-0.05, 0) is 44.0 Å². The van der Waals surface area contributed by atoms with Crippen LogP contribution in [0, 0.1) is 13.8 Å². The van der Waals surface area contributed by atoms with Crippen molar-refractivity contribution in [3.8, 4) is 0 Å². The van der Waals surface area contributed by atoms with E-state index in [0.29, 0.717) is 5.95 Å². The Bertz CT molecular complexity index is 815. The predicted octanol–water partition coefficient (Wildman–Crippen LogP) is 5.01. The zero-order chi connectivity index (χ0) is 16.9. The second-order valence-corrected chi connectivity index (χ2v) is 5.99. The van der Waals surface area contributed by atoms with Gasteiger partial charge in [0.25, 0.3) is 0 Å². The summed E-state index contributed by atoms with van der Waals surface area (Å²) in [7, 11) is 0. The molecule has 0 bridgehead atoms. The van der Waals surface area contributed by atoms with Crippen LogP contribution in [0.15, 0.2) is 60.7 Å². The van der Waals surface area contributed by atoms with E-state index in [2.05, 4.69) is 58.7 Å². The van der Waals surface area contributed by atoms with Gasteiger partial charge in [0.1, 0.15) is 5.82 Å². The number of nitrogens with zero attached hydrogens (tertiary/aromatic N) is 2. The first-order valence-electron chi connectivity index (χ1n) is 8.11. The molecule has 1 aromatic heterocycles. The molecule has 4 nitrogen and oxygen atoms in total. The summed E-state index contributed by atoms with van der Waals surface area (Å²) in [5.74, 6) is 1.41. The van der Waals surface area contributed by atoms with E-state index in [9.17, 15) is 0 Å². The molecule has 0 aliphatic rings. The van der Waals surface area contributed by atoms with Crippen LogP contribution >= 0.6 is 0 Å². The number of anilines is 3. The number of hydrogen-bond acceptors (Lipinski definition) is 4. The van der Waals surface area contributed by atoms with Gasteiger partial charge in [-0.1, -0.05) is 42.5 Å². The van der Waals surface area contributed by atoms with Crippen molar-refractivity contribution in [2.45, 2.75) is 26.8 Å². The van der Waals surface area contributed by atoms with Crippen molar-refractivity contribution in [1.82, 2.24) is 9.97 Å². The SMILES string of the molecule is Cc1cccc(Nc2cc(C)nc(NC(C)c3ccccc3)n2)c1. The summed E-state index contributed by atoms with van der Waals surface area (Å²) in [4.78, 5) is 9.09. The van der Waals surface area contributed by atoms with Crippen LogP contribution in [0.4, 0.5) is 17.5 Å². The summed E-state index contributed by atoms with van der Waals surface area (Å²) in [6, 6.07) is 20.6. The molecule has 0 spiro atoms.